The third kappa shape index (κ3) is 3.39. The lowest BCUT2D eigenvalue weighted by molar-refractivity contribution is -0.122. The normalized spacial score (nSPS) is 18.0. The number of nitrogens with one attached hydrogen (secondary N) is 1. The predicted molar refractivity (Wildman–Crippen MR) is 76.0 cm³/mol. The van der Waals surface area contributed by atoms with Gasteiger partial charge in [0, 0.05) is 17.9 Å². The van der Waals surface area contributed by atoms with Gasteiger partial charge in [-0.2, -0.15) is 5.10 Å². The van der Waals surface area contributed by atoms with Gasteiger partial charge in [-0.25, -0.2) is 9.82 Å². The molecule has 5 nitrogen and oxygen atoms in total. The molecule has 2 rings (SSSR count). The van der Waals surface area contributed by atoms with Gasteiger partial charge < -0.3 is 4.74 Å². The van der Waals surface area contributed by atoms with Crippen LogP contribution in [0.15, 0.2) is 17.2 Å². The first kappa shape index (κ1) is 15.4. The molecule has 1 N–H and O–H groups in total. The average molecular weight is 313 g/mol. The van der Waals surface area contributed by atoms with Crippen LogP contribution < -0.4 is 10.2 Å². The molecule has 1 atom stereocenters. The third-order valence-electron chi connectivity index (χ3n) is 3.01. The summed E-state index contributed by atoms with van der Waals surface area (Å²) in [6, 6.07) is 2.96. The van der Waals surface area contributed by atoms with E-state index in [1.807, 2.05) is 0 Å². The number of carbonyl (C=O) groups is 2. The number of rotatable bonds is 4. The summed E-state index contributed by atoms with van der Waals surface area (Å²) < 4.78 is 19.5. The van der Waals surface area contributed by atoms with Crippen LogP contribution in [0.2, 0.25) is 5.02 Å². The van der Waals surface area contributed by atoms with E-state index in [9.17, 15) is 14.0 Å². The van der Waals surface area contributed by atoms with Crippen molar-refractivity contribution < 1.29 is 18.7 Å². The lowest BCUT2D eigenvalue weighted by atomic mass is 9.94. The molecule has 0 aliphatic carbocycles. The van der Waals surface area contributed by atoms with Crippen LogP contribution in [0.3, 0.4) is 0 Å². The first-order chi connectivity index (χ1) is 9.90. The molecule has 1 amide bonds. The predicted octanol–water partition coefficient (Wildman–Crippen LogP) is 2.31. The van der Waals surface area contributed by atoms with Crippen molar-refractivity contribution in [1.29, 1.82) is 0 Å². The highest BCUT2D eigenvalue weighted by Gasteiger charge is 2.25. The van der Waals surface area contributed by atoms with Crippen LogP contribution in [0, 0.1) is 11.7 Å². The van der Waals surface area contributed by atoms with Gasteiger partial charge in [0.2, 0.25) is 5.91 Å². The van der Waals surface area contributed by atoms with Crippen LogP contribution >= 0.6 is 11.6 Å². The Kier molecular flexibility index (Phi) is 4.57. The number of ketones is 1. The molecule has 0 saturated carbocycles. The molecular weight excluding hydrogens is 299 g/mol. The van der Waals surface area contributed by atoms with Crippen LogP contribution in [0.4, 0.5) is 4.39 Å². The molecule has 21 heavy (non-hydrogen) atoms. The molecular formula is C14H14ClFN2O3. The summed E-state index contributed by atoms with van der Waals surface area (Å²) in [6.07, 6.45) is 0.235. The van der Waals surface area contributed by atoms with E-state index in [1.165, 1.54) is 19.1 Å². The quantitative estimate of drug-likeness (QED) is 0.927. The number of ether oxygens (including phenoxy) is 1. The minimum atomic E-state index is -0.681. The molecule has 1 aromatic carbocycles. The molecule has 0 saturated heterocycles. The number of hydrogen-bond acceptors (Lipinski definition) is 4. The number of nitrogens with zero attached hydrogens (tertiary/aromatic N) is 1. The van der Waals surface area contributed by atoms with E-state index < -0.39 is 5.82 Å². The van der Waals surface area contributed by atoms with Gasteiger partial charge in [0.25, 0.3) is 0 Å². The number of amides is 1. The van der Waals surface area contributed by atoms with E-state index in [0.717, 1.165) is 0 Å². The molecule has 1 unspecified atom stereocenters. The van der Waals surface area contributed by atoms with Crippen LogP contribution in [-0.2, 0) is 9.59 Å². The molecule has 1 aromatic rings. The molecule has 1 aliphatic rings. The minimum Gasteiger partial charge on any atom is -0.484 e. The SMILES string of the molecule is CC(=O)COc1ccc(C2=NNC(=O)CC2C)c(F)c1Cl. The summed E-state index contributed by atoms with van der Waals surface area (Å²) in [5, 5.41) is 3.68. The zero-order chi connectivity index (χ0) is 15.6. The van der Waals surface area contributed by atoms with Gasteiger partial charge in [-0.3, -0.25) is 9.59 Å². The molecule has 112 valence electrons. The van der Waals surface area contributed by atoms with Crippen molar-refractivity contribution in [2.75, 3.05) is 6.61 Å². The fourth-order valence-corrected chi connectivity index (χ4v) is 2.22. The Bertz CT molecular complexity index is 631. The van der Waals surface area contributed by atoms with Crippen molar-refractivity contribution in [1.82, 2.24) is 5.43 Å². The van der Waals surface area contributed by atoms with E-state index in [4.69, 9.17) is 16.3 Å². The summed E-state index contributed by atoms with van der Waals surface area (Å²) in [5.74, 6) is -1.20. The first-order valence-electron chi connectivity index (χ1n) is 6.37. The topological polar surface area (TPSA) is 67.8 Å². The van der Waals surface area contributed by atoms with Crippen LogP contribution in [0.25, 0.3) is 0 Å². The van der Waals surface area contributed by atoms with Gasteiger partial charge in [0.15, 0.2) is 11.6 Å². The molecule has 0 bridgehead atoms. The van der Waals surface area contributed by atoms with E-state index in [0.29, 0.717) is 5.71 Å². The maximum atomic E-state index is 14.4. The Morgan fingerprint density at radius 2 is 2.29 bits per heavy atom. The fourth-order valence-electron chi connectivity index (χ4n) is 2.00. The van der Waals surface area contributed by atoms with Gasteiger partial charge >= 0.3 is 0 Å². The Hall–Kier alpha value is -1.95. The van der Waals surface area contributed by atoms with Crippen LogP contribution in [0.1, 0.15) is 25.8 Å². The van der Waals surface area contributed by atoms with Gasteiger partial charge in [-0.15, -0.1) is 0 Å². The Morgan fingerprint density at radius 1 is 1.57 bits per heavy atom. The van der Waals surface area contributed by atoms with Crippen molar-refractivity contribution in [3.05, 3.63) is 28.5 Å². The minimum absolute atomic E-state index is 0.0983. The molecule has 0 radical (unpaired) electrons. The number of benzene rings is 1. The number of hydrogen-bond donors (Lipinski definition) is 1. The summed E-state index contributed by atoms with van der Waals surface area (Å²) in [5.41, 5.74) is 2.96. The van der Waals surface area contributed by atoms with Gasteiger partial charge in [-0.05, 0) is 19.1 Å². The van der Waals surface area contributed by atoms with Crippen molar-refractivity contribution in [3.63, 3.8) is 0 Å². The van der Waals surface area contributed by atoms with E-state index in [-0.39, 0.29) is 47.0 Å². The third-order valence-corrected chi connectivity index (χ3v) is 3.37. The largest absolute Gasteiger partial charge is 0.484 e. The highest BCUT2D eigenvalue weighted by molar-refractivity contribution is 6.32. The van der Waals surface area contributed by atoms with E-state index in [1.54, 1.807) is 6.92 Å². The highest BCUT2D eigenvalue weighted by atomic mass is 35.5. The maximum Gasteiger partial charge on any atom is 0.240 e. The number of hydrazone groups is 1. The van der Waals surface area contributed by atoms with Gasteiger partial charge in [-0.1, -0.05) is 18.5 Å². The Balaban J connectivity index is 2.32. The fraction of sp³-hybridized carbons (Fsp3) is 0.357. The lowest BCUT2D eigenvalue weighted by Crippen LogP contribution is -2.32. The molecule has 0 aromatic heterocycles. The summed E-state index contributed by atoms with van der Waals surface area (Å²) in [7, 11) is 0. The smallest absolute Gasteiger partial charge is 0.240 e. The zero-order valence-electron chi connectivity index (χ0n) is 11.6. The second kappa shape index (κ2) is 6.22. The van der Waals surface area contributed by atoms with Crippen LogP contribution in [0.5, 0.6) is 5.75 Å². The molecule has 7 heteroatoms. The van der Waals surface area contributed by atoms with E-state index in [2.05, 4.69) is 10.5 Å². The first-order valence-corrected chi connectivity index (χ1v) is 6.75. The number of carbonyl (C=O) groups excluding carboxylic acids is 2. The standard InChI is InChI=1S/C14H14ClFN2O3/c1-7-5-11(20)17-18-14(7)9-3-4-10(12(15)13(9)16)21-6-8(2)19/h3-4,7H,5-6H2,1-2H3,(H,17,20). The van der Waals surface area contributed by atoms with Crippen molar-refractivity contribution >= 4 is 29.0 Å². The highest BCUT2D eigenvalue weighted by Crippen LogP contribution is 2.31. The zero-order valence-corrected chi connectivity index (χ0v) is 12.3. The summed E-state index contributed by atoms with van der Waals surface area (Å²) >= 11 is 5.92. The maximum absolute atomic E-state index is 14.4. The second-order valence-electron chi connectivity index (χ2n) is 4.87. The Morgan fingerprint density at radius 3 is 2.90 bits per heavy atom. The lowest BCUT2D eigenvalue weighted by Gasteiger charge is -2.20. The summed E-state index contributed by atoms with van der Waals surface area (Å²) in [4.78, 5) is 22.1. The number of halogens is 2. The van der Waals surface area contributed by atoms with Crippen LogP contribution in [-0.4, -0.2) is 24.0 Å². The molecule has 0 spiro atoms. The van der Waals surface area contributed by atoms with E-state index >= 15 is 0 Å². The monoisotopic (exact) mass is 312 g/mol. The molecule has 0 fully saturated rings. The molecule has 1 aliphatic heterocycles. The summed E-state index contributed by atoms with van der Waals surface area (Å²) in [6.45, 7) is 2.97. The average Bonchev–Trinajstić information content (AvgIpc) is 2.41. The number of Topliss-reactive ketones (excluding diaryl/α,β-unsaturated/α-hetero) is 1. The van der Waals surface area contributed by atoms with Crippen molar-refractivity contribution in [3.8, 4) is 5.75 Å². The van der Waals surface area contributed by atoms with Crippen molar-refractivity contribution in [2.24, 2.45) is 11.0 Å². The van der Waals surface area contributed by atoms with Crippen molar-refractivity contribution in [2.45, 2.75) is 20.3 Å². The second-order valence-corrected chi connectivity index (χ2v) is 5.25. The van der Waals surface area contributed by atoms with Gasteiger partial charge in [0.05, 0.1) is 5.71 Å². The molecule has 1 heterocycles. The Labute approximate surface area is 126 Å². The van der Waals surface area contributed by atoms with Gasteiger partial charge in [0.1, 0.15) is 17.4 Å².